The maximum absolute atomic E-state index is 12.4. The zero-order valence-electron chi connectivity index (χ0n) is 13.7. The van der Waals surface area contributed by atoms with Gasteiger partial charge < -0.3 is 15.7 Å². The van der Waals surface area contributed by atoms with Gasteiger partial charge in [0.15, 0.2) is 5.75 Å². The van der Waals surface area contributed by atoms with Crippen molar-refractivity contribution in [1.82, 2.24) is 4.47 Å². The second-order valence-electron chi connectivity index (χ2n) is 4.93. The fraction of sp³-hybridized carbons (Fsp3) is 0.133. The van der Waals surface area contributed by atoms with Crippen molar-refractivity contribution in [2.24, 2.45) is 0 Å². The number of nitrogens with zero attached hydrogens (tertiary/aromatic N) is 1. The van der Waals surface area contributed by atoms with E-state index in [9.17, 15) is 18.3 Å². The molecule has 0 aliphatic carbocycles. The van der Waals surface area contributed by atoms with E-state index in [0.29, 0.717) is 14.6 Å². The van der Waals surface area contributed by atoms with Gasteiger partial charge in [0.1, 0.15) is 4.90 Å². The average Bonchev–Trinajstić information content (AvgIpc) is 2.58. The van der Waals surface area contributed by atoms with Crippen LogP contribution < -0.4 is 10.6 Å². The van der Waals surface area contributed by atoms with E-state index in [-0.39, 0.29) is 10.7 Å². The number of benzene rings is 2. The minimum Gasteiger partial charge on any atom is -0.504 e. The molecule has 140 valence electrons. The molecule has 0 saturated carbocycles. The summed E-state index contributed by atoms with van der Waals surface area (Å²) in [6, 6.07) is 8.75. The Morgan fingerprint density at radius 3 is 2.42 bits per heavy atom. The third-order valence-electron chi connectivity index (χ3n) is 3.31. The second kappa shape index (κ2) is 8.23. The lowest BCUT2D eigenvalue weighted by atomic mass is 10.3. The Kier molecular flexibility index (Phi) is 6.48. The van der Waals surface area contributed by atoms with Gasteiger partial charge in [-0.1, -0.05) is 28.2 Å². The highest BCUT2D eigenvalue weighted by atomic mass is 79.9. The quantitative estimate of drug-likeness (QED) is 0.462. The summed E-state index contributed by atoms with van der Waals surface area (Å²) in [6.07, 6.45) is 0. The lowest BCUT2D eigenvalue weighted by Crippen LogP contribution is -2.26. The summed E-state index contributed by atoms with van der Waals surface area (Å²) in [7, 11) is -1.93. The van der Waals surface area contributed by atoms with E-state index in [1.165, 1.54) is 12.1 Å². The maximum atomic E-state index is 12.4. The molecule has 0 aromatic heterocycles. The molecule has 2 rings (SSSR count). The van der Waals surface area contributed by atoms with E-state index < -0.39 is 26.7 Å². The number of sulfonamides is 1. The van der Waals surface area contributed by atoms with Crippen LogP contribution in [0.3, 0.4) is 0 Å². The number of aromatic hydroxyl groups is 1. The SMILES string of the molecule is CON(C)S(=O)(=O)c1c(Cl)ccc(NC(=O)Nc2ccccc2Br)c1O. The summed E-state index contributed by atoms with van der Waals surface area (Å²) in [5.41, 5.74) is 0.354. The molecule has 8 nitrogen and oxygen atoms in total. The first-order chi connectivity index (χ1) is 12.2. The molecule has 3 N–H and O–H groups in total. The van der Waals surface area contributed by atoms with Crippen molar-refractivity contribution in [3.63, 3.8) is 0 Å². The molecule has 0 bridgehead atoms. The lowest BCUT2D eigenvalue weighted by Gasteiger charge is -2.18. The molecule has 0 spiro atoms. The highest BCUT2D eigenvalue weighted by Gasteiger charge is 2.29. The summed E-state index contributed by atoms with van der Waals surface area (Å²) in [4.78, 5) is 16.2. The van der Waals surface area contributed by atoms with Crippen LogP contribution in [0.2, 0.25) is 5.02 Å². The smallest absolute Gasteiger partial charge is 0.323 e. The number of nitrogens with one attached hydrogen (secondary N) is 2. The first kappa shape index (κ1) is 20.5. The molecule has 0 aliphatic rings. The van der Waals surface area contributed by atoms with Gasteiger partial charge in [-0.05, 0) is 40.2 Å². The number of urea groups is 1. The van der Waals surface area contributed by atoms with Crippen LogP contribution in [0.4, 0.5) is 16.2 Å². The predicted molar refractivity (Wildman–Crippen MR) is 102 cm³/mol. The van der Waals surface area contributed by atoms with Crippen LogP contribution in [0.5, 0.6) is 5.75 Å². The average molecular weight is 465 g/mol. The lowest BCUT2D eigenvalue weighted by molar-refractivity contribution is -0.0259. The van der Waals surface area contributed by atoms with Crippen molar-refractivity contribution < 1.29 is 23.2 Å². The van der Waals surface area contributed by atoms with Gasteiger partial charge in [-0.15, -0.1) is 0 Å². The van der Waals surface area contributed by atoms with Gasteiger partial charge in [-0.3, -0.25) is 4.84 Å². The van der Waals surface area contributed by atoms with Crippen molar-refractivity contribution in [2.45, 2.75) is 4.90 Å². The monoisotopic (exact) mass is 463 g/mol. The van der Waals surface area contributed by atoms with E-state index in [0.717, 1.165) is 14.2 Å². The Labute approximate surface area is 163 Å². The number of phenols is 1. The number of hydrogen-bond acceptors (Lipinski definition) is 5. The van der Waals surface area contributed by atoms with Gasteiger partial charge in [0.25, 0.3) is 10.0 Å². The number of amides is 2. The molecule has 0 fully saturated rings. The van der Waals surface area contributed by atoms with E-state index >= 15 is 0 Å². The fourth-order valence-electron chi connectivity index (χ4n) is 1.96. The van der Waals surface area contributed by atoms with Crippen molar-refractivity contribution in [2.75, 3.05) is 24.8 Å². The molecular weight excluding hydrogens is 450 g/mol. The maximum Gasteiger partial charge on any atom is 0.323 e. The van der Waals surface area contributed by atoms with Gasteiger partial charge in [0.05, 0.1) is 23.5 Å². The van der Waals surface area contributed by atoms with Crippen molar-refractivity contribution >= 4 is 55.0 Å². The molecule has 11 heteroatoms. The minimum atomic E-state index is -4.22. The predicted octanol–water partition coefficient (Wildman–Crippen LogP) is 3.63. The van der Waals surface area contributed by atoms with Crippen LogP contribution in [-0.4, -0.2) is 38.2 Å². The molecular formula is C15H15BrClN3O5S. The first-order valence-electron chi connectivity index (χ1n) is 7.05. The summed E-state index contributed by atoms with van der Waals surface area (Å²) in [6.45, 7) is 0. The largest absolute Gasteiger partial charge is 0.504 e. The number of hydroxylamine groups is 1. The molecule has 0 atom stereocenters. The fourth-order valence-corrected chi connectivity index (χ4v) is 3.91. The Hall–Kier alpha value is -1.85. The van der Waals surface area contributed by atoms with Gasteiger partial charge in [0.2, 0.25) is 0 Å². The van der Waals surface area contributed by atoms with E-state index in [1.54, 1.807) is 24.3 Å². The molecule has 0 aliphatic heterocycles. The van der Waals surface area contributed by atoms with E-state index in [2.05, 4.69) is 31.4 Å². The number of anilines is 2. The Morgan fingerprint density at radius 1 is 1.19 bits per heavy atom. The first-order valence-corrected chi connectivity index (χ1v) is 9.66. The summed E-state index contributed by atoms with van der Waals surface area (Å²) in [5, 5.41) is 15.0. The van der Waals surface area contributed by atoms with E-state index in [4.69, 9.17) is 11.6 Å². The molecule has 0 unspecified atom stereocenters. The summed E-state index contributed by atoms with van der Waals surface area (Å²) < 4.78 is 26.0. The van der Waals surface area contributed by atoms with Gasteiger partial charge in [-0.2, -0.15) is 0 Å². The van der Waals surface area contributed by atoms with Crippen molar-refractivity contribution in [1.29, 1.82) is 0 Å². The second-order valence-corrected chi connectivity index (χ2v) is 8.06. The zero-order chi connectivity index (χ0) is 19.5. The Bertz CT molecular complexity index is 939. The molecule has 2 amide bonds. The third kappa shape index (κ3) is 4.27. The van der Waals surface area contributed by atoms with Crippen LogP contribution >= 0.6 is 27.5 Å². The Balaban J connectivity index is 2.33. The molecule has 0 heterocycles. The summed E-state index contributed by atoms with van der Waals surface area (Å²) >= 11 is 9.21. The highest BCUT2D eigenvalue weighted by Crippen LogP contribution is 2.38. The molecule has 2 aromatic rings. The third-order valence-corrected chi connectivity index (χ3v) is 6.18. The van der Waals surface area contributed by atoms with Crippen LogP contribution in [0.25, 0.3) is 0 Å². The number of para-hydroxylation sites is 1. The van der Waals surface area contributed by atoms with E-state index in [1.807, 2.05) is 0 Å². The number of hydrogen-bond donors (Lipinski definition) is 3. The minimum absolute atomic E-state index is 0.137. The number of phenolic OH excluding ortho intramolecular Hbond substituents is 1. The van der Waals surface area contributed by atoms with Crippen molar-refractivity contribution in [3.05, 3.63) is 45.9 Å². The van der Waals surface area contributed by atoms with Gasteiger partial charge >= 0.3 is 6.03 Å². The number of rotatable bonds is 5. The zero-order valence-corrected chi connectivity index (χ0v) is 16.8. The molecule has 0 saturated heterocycles. The highest BCUT2D eigenvalue weighted by molar-refractivity contribution is 9.10. The van der Waals surface area contributed by atoms with Crippen molar-refractivity contribution in [3.8, 4) is 5.75 Å². The molecule has 0 radical (unpaired) electrons. The van der Waals surface area contributed by atoms with Gasteiger partial charge in [-0.25, -0.2) is 13.2 Å². The van der Waals surface area contributed by atoms with Crippen LogP contribution in [0, 0.1) is 0 Å². The standard InChI is InChI=1S/C15H15BrClN3O5S/c1-20(25-2)26(23,24)14-10(17)7-8-12(13(14)21)19-15(22)18-11-6-4-3-5-9(11)16/h3-8,21H,1-2H3,(H2,18,19,22). The van der Waals surface area contributed by atoms with Crippen LogP contribution in [0.15, 0.2) is 45.8 Å². The number of carbonyl (C=O) groups excluding carboxylic acids is 1. The van der Waals surface area contributed by atoms with Gasteiger partial charge in [0, 0.05) is 11.5 Å². The van der Waals surface area contributed by atoms with Crippen LogP contribution in [-0.2, 0) is 14.9 Å². The molecule has 2 aromatic carbocycles. The topological polar surface area (TPSA) is 108 Å². The number of carbonyl (C=O) groups is 1. The summed E-state index contributed by atoms with van der Waals surface area (Å²) in [5.74, 6) is -0.705. The number of halogens is 2. The Morgan fingerprint density at radius 2 is 1.81 bits per heavy atom. The van der Waals surface area contributed by atoms with Crippen LogP contribution in [0.1, 0.15) is 0 Å². The molecule has 26 heavy (non-hydrogen) atoms. The normalized spacial score (nSPS) is 11.4.